The van der Waals surface area contributed by atoms with Gasteiger partial charge in [-0.25, -0.2) is 9.18 Å². The second kappa shape index (κ2) is 7.58. The van der Waals surface area contributed by atoms with Crippen LogP contribution in [-0.4, -0.2) is 32.9 Å². The Bertz CT molecular complexity index is 1190. The van der Waals surface area contributed by atoms with E-state index in [0.717, 1.165) is 16.2 Å². The summed E-state index contributed by atoms with van der Waals surface area (Å²) in [4.78, 5) is 38.9. The van der Waals surface area contributed by atoms with E-state index in [9.17, 15) is 18.8 Å². The summed E-state index contributed by atoms with van der Waals surface area (Å²) >= 11 is 0.957. The second-order valence-electron chi connectivity index (χ2n) is 7.24. The predicted molar refractivity (Wildman–Crippen MR) is 109 cm³/mol. The molecule has 1 unspecified atom stereocenters. The van der Waals surface area contributed by atoms with E-state index < -0.39 is 29.2 Å². The highest BCUT2D eigenvalue weighted by atomic mass is 32.1. The fourth-order valence-corrected chi connectivity index (χ4v) is 4.14. The van der Waals surface area contributed by atoms with Crippen molar-refractivity contribution in [2.75, 3.05) is 5.32 Å². The zero-order chi connectivity index (χ0) is 22.3. The second-order valence-corrected chi connectivity index (χ2v) is 8.30. The Morgan fingerprint density at radius 2 is 1.97 bits per heavy atom. The maximum atomic E-state index is 13.1. The minimum absolute atomic E-state index is 0.0513. The number of halogens is 1. The third-order valence-corrected chi connectivity index (χ3v) is 5.82. The van der Waals surface area contributed by atoms with E-state index in [-0.39, 0.29) is 11.6 Å². The highest BCUT2D eigenvalue weighted by Gasteiger charge is 2.50. The molecule has 9 nitrogen and oxygen atoms in total. The Balaban J connectivity index is 1.48. The van der Waals surface area contributed by atoms with Gasteiger partial charge in [0.2, 0.25) is 5.01 Å². The number of nitrogens with zero attached hydrogens (tertiary/aromatic N) is 3. The summed E-state index contributed by atoms with van der Waals surface area (Å²) in [6.07, 6.45) is 0. The molecule has 0 saturated carbocycles. The number of urea groups is 1. The molecule has 4 rings (SSSR count). The highest BCUT2D eigenvalue weighted by Crippen LogP contribution is 2.33. The monoisotopic (exact) mass is 443 g/mol. The highest BCUT2D eigenvalue weighted by molar-refractivity contribution is 7.13. The fraction of sp³-hybridized carbons (Fsp3) is 0.250. The van der Waals surface area contributed by atoms with E-state index in [0.29, 0.717) is 27.8 Å². The van der Waals surface area contributed by atoms with Crippen molar-refractivity contribution in [1.82, 2.24) is 20.4 Å². The number of amides is 4. The lowest BCUT2D eigenvalue weighted by molar-refractivity contribution is -0.131. The Morgan fingerprint density at radius 1 is 1.26 bits per heavy atom. The summed E-state index contributed by atoms with van der Waals surface area (Å²) < 4.78 is 18.5. The van der Waals surface area contributed by atoms with Gasteiger partial charge in [0.15, 0.2) is 0 Å². The van der Waals surface area contributed by atoms with Crippen LogP contribution in [0, 0.1) is 19.7 Å². The quantitative estimate of drug-likeness (QED) is 0.585. The number of carbonyl (C=O) groups excluding carboxylic acids is 3. The van der Waals surface area contributed by atoms with Gasteiger partial charge >= 0.3 is 6.03 Å². The number of anilines is 1. The molecule has 1 aliphatic heterocycles. The van der Waals surface area contributed by atoms with Gasteiger partial charge in [0.25, 0.3) is 11.8 Å². The maximum Gasteiger partial charge on any atom is 0.325 e. The van der Waals surface area contributed by atoms with Crippen molar-refractivity contribution in [3.8, 4) is 0 Å². The number of aryl methyl sites for hydroxylation is 2. The van der Waals surface area contributed by atoms with Crippen LogP contribution < -0.4 is 10.6 Å². The molecule has 1 aliphatic rings. The molecule has 3 aromatic rings. The van der Waals surface area contributed by atoms with Crippen LogP contribution in [0.2, 0.25) is 0 Å². The number of rotatable bonds is 5. The molecule has 1 aromatic carbocycles. The number of imide groups is 1. The van der Waals surface area contributed by atoms with Gasteiger partial charge in [0.1, 0.15) is 27.9 Å². The summed E-state index contributed by atoms with van der Waals surface area (Å²) in [6.45, 7) is 4.98. The first kappa shape index (κ1) is 20.7. The number of hydrogen-bond donors (Lipinski definition) is 2. The topological polar surface area (TPSA) is 117 Å². The third kappa shape index (κ3) is 3.79. The molecule has 0 radical (unpaired) electrons. The van der Waals surface area contributed by atoms with E-state index >= 15 is 0 Å². The number of furan rings is 1. The minimum Gasteiger partial charge on any atom is -0.466 e. The largest absolute Gasteiger partial charge is 0.466 e. The predicted octanol–water partition coefficient (Wildman–Crippen LogP) is 3.11. The normalized spacial score (nSPS) is 18.4. The van der Waals surface area contributed by atoms with Crippen LogP contribution in [0.4, 0.5) is 14.9 Å². The van der Waals surface area contributed by atoms with E-state index in [2.05, 4.69) is 20.8 Å². The minimum atomic E-state index is -1.26. The standard InChI is InChI=1S/C20H18FN5O4S/c1-10-8-14(11(2)30-10)20(3)18(28)26(19(29)23-20)9-15-24-25-17(31-15)16(27)22-13-6-4-12(21)5-7-13/h4-8H,9H2,1-3H3,(H,22,27)(H,23,29). The Labute approximate surface area is 180 Å². The molecule has 0 spiro atoms. The van der Waals surface area contributed by atoms with E-state index in [1.54, 1.807) is 26.8 Å². The zero-order valence-corrected chi connectivity index (χ0v) is 17.7. The first-order valence-electron chi connectivity index (χ1n) is 9.28. The summed E-state index contributed by atoms with van der Waals surface area (Å²) in [5, 5.41) is 13.4. The van der Waals surface area contributed by atoms with E-state index in [1.807, 2.05) is 0 Å². The van der Waals surface area contributed by atoms with Crippen LogP contribution in [0.5, 0.6) is 0 Å². The van der Waals surface area contributed by atoms with Crippen molar-refractivity contribution in [2.24, 2.45) is 0 Å². The summed E-state index contributed by atoms with van der Waals surface area (Å²) in [5.74, 6) is -0.213. The average molecular weight is 443 g/mol. The first-order valence-corrected chi connectivity index (χ1v) is 10.1. The number of hydrogen-bond acceptors (Lipinski definition) is 7. The van der Waals surface area contributed by atoms with Crippen molar-refractivity contribution >= 4 is 34.9 Å². The average Bonchev–Trinajstić information content (AvgIpc) is 3.38. The van der Waals surface area contributed by atoms with Crippen LogP contribution in [0.15, 0.2) is 34.7 Å². The Morgan fingerprint density at radius 3 is 2.61 bits per heavy atom. The SMILES string of the molecule is Cc1cc(C2(C)NC(=O)N(Cc3nnc(C(=O)Nc4ccc(F)cc4)s3)C2=O)c(C)o1. The van der Waals surface area contributed by atoms with Crippen LogP contribution in [0.25, 0.3) is 0 Å². The van der Waals surface area contributed by atoms with E-state index in [4.69, 9.17) is 4.42 Å². The fourth-order valence-electron chi connectivity index (χ4n) is 3.41. The van der Waals surface area contributed by atoms with Gasteiger partial charge < -0.3 is 15.1 Å². The van der Waals surface area contributed by atoms with Crippen molar-refractivity contribution in [2.45, 2.75) is 32.9 Å². The lowest BCUT2D eigenvalue weighted by atomic mass is 9.92. The molecule has 0 bridgehead atoms. The van der Waals surface area contributed by atoms with Gasteiger partial charge in [-0.3, -0.25) is 14.5 Å². The smallest absolute Gasteiger partial charge is 0.325 e. The van der Waals surface area contributed by atoms with Gasteiger partial charge in [0.05, 0.1) is 6.54 Å². The molecule has 0 aliphatic carbocycles. The number of nitrogens with one attached hydrogen (secondary N) is 2. The van der Waals surface area contributed by atoms with Crippen molar-refractivity contribution in [1.29, 1.82) is 0 Å². The maximum absolute atomic E-state index is 13.1. The third-order valence-electron chi connectivity index (χ3n) is 4.91. The molecule has 4 amide bonds. The van der Waals surface area contributed by atoms with Crippen LogP contribution >= 0.6 is 11.3 Å². The van der Waals surface area contributed by atoms with Gasteiger partial charge in [0, 0.05) is 11.3 Å². The Hall–Kier alpha value is -3.60. The van der Waals surface area contributed by atoms with Crippen LogP contribution in [0.1, 0.15) is 38.8 Å². The molecule has 1 saturated heterocycles. The van der Waals surface area contributed by atoms with Gasteiger partial charge in [-0.2, -0.15) is 0 Å². The number of carbonyl (C=O) groups is 3. The molecule has 160 valence electrons. The summed E-state index contributed by atoms with van der Waals surface area (Å²) in [5.41, 5.74) is -0.270. The lowest BCUT2D eigenvalue weighted by Crippen LogP contribution is -2.41. The molecule has 1 atom stereocenters. The van der Waals surface area contributed by atoms with Gasteiger partial charge in [-0.05, 0) is 51.1 Å². The van der Waals surface area contributed by atoms with Gasteiger partial charge in [-0.15, -0.1) is 10.2 Å². The van der Waals surface area contributed by atoms with Gasteiger partial charge in [-0.1, -0.05) is 11.3 Å². The molecular formula is C20H18FN5O4S. The van der Waals surface area contributed by atoms with E-state index in [1.165, 1.54) is 24.3 Å². The molecule has 1 fully saturated rings. The molecular weight excluding hydrogens is 425 g/mol. The summed E-state index contributed by atoms with van der Waals surface area (Å²) in [7, 11) is 0. The molecule has 11 heteroatoms. The molecule has 2 aromatic heterocycles. The molecule has 3 heterocycles. The van der Waals surface area contributed by atoms with Crippen LogP contribution in [-0.2, 0) is 16.9 Å². The first-order chi connectivity index (χ1) is 14.7. The number of aromatic nitrogens is 2. The van der Waals surface area contributed by atoms with Crippen molar-refractivity contribution in [3.63, 3.8) is 0 Å². The van der Waals surface area contributed by atoms with Crippen LogP contribution in [0.3, 0.4) is 0 Å². The van der Waals surface area contributed by atoms with Crippen molar-refractivity contribution in [3.05, 3.63) is 63.2 Å². The molecule has 2 N–H and O–H groups in total. The Kier molecular flexibility index (Phi) is 5.05. The number of benzene rings is 1. The zero-order valence-electron chi connectivity index (χ0n) is 16.9. The summed E-state index contributed by atoms with van der Waals surface area (Å²) in [6, 6.07) is 6.43. The molecule has 31 heavy (non-hydrogen) atoms. The lowest BCUT2D eigenvalue weighted by Gasteiger charge is -2.20. The van der Waals surface area contributed by atoms with Crippen molar-refractivity contribution < 1.29 is 23.2 Å².